The van der Waals surface area contributed by atoms with Crippen LogP contribution in [-0.4, -0.2) is 44.0 Å². The zero-order valence-corrected chi connectivity index (χ0v) is 15.3. The van der Waals surface area contributed by atoms with Crippen LogP contribution in [0.2, 0.25) is 0 Å². The number of morpholine rings is 1. The highest BCUT2D eigenvalue weighted by Crippen LogP contribution is 2.29. The Balaban J connectivity index is 1.86. The van der Waals surface area contributed by atoms with Gasteiger partial charge in [-0.3, -0.25) is 0 Å². The molecule has 7 heteroatoms. The minimum atomic E-state index is -0.329. The molecule has 0 aliphatic carbocycles. The van der Waals surface area contributed by atoms with Crippen molar-refractivity contribution in [2.24, 2.45) is 0 Å². The Labute approximate surface area is 153 Å². The molecule has 134 valence electrons. The Kier molecular flexibility index (Phi) is 5.55. The van der Waals surface area contributed by atoms with Gasteiger partial charge in [0.2, 0.25) is 0 Å². The summed E-state index contributed by atoms with van der Waals surface area (Å²) in [6.45, 7) is 7.26. The number of nitrogens with zero attached hydrogens (tertiary/aromatic N) is 1. The zero-order chi connectivity index (χ0) is 17.8. The van der Waals surface area contributed by atoms with Gasteiger partial charge in [0.25, 0.3) is 0 Å². The van der Waals surface area contributed by atoms with Crippen LogP contribution in [0.1, 0.15) is 25.5 Å². The minimum absolute atomic E-state index is 0.313. The largest absolute Gasteiger partial charge is 0.463 e. The number of anilines is 1. The Morgan fingerprint density at radius 3 is 2.64 bits per heavy atom. The third kappa shape index (κ3) is 3.93. The molecule has 2 aliphatic heterocycles. The first-order valence-corrected chi connectivity index (χ1v) is 8.89. The predicted octanol–water partition coefficient (Wildman–Crippen LogP) is 1.88. The highest BCUT2D eigenvalue weighted by molar-refractivity contribution is 7.80. The van der Waals surface area contributed by atoms with E-state index in [1.165, 1.54) is 0 Å². The van der Waals surface area contributed by atoms with Gasteiger partial charge in [0.05, 0.1) is 31.4 Å². The van der Waals surface area contributed by atoms with Crippen LogP contribution in [0, 0.1) is 0 Å². The molecule has 0 aromatic heterocycles. The molecule has 1 fully saturated rings. The number of benzene rings is 1. The Morgan fingerprint density at radius 1 is 1.32 bits per heavy atom. The molecule has 1 saturated heterocycles. The van der Waals surface area contributed by atoms with Crippen molar-refractivity contribution in [2.75, 3.05) is 37.8 Å². The molecule has 0 radical (unpaired) electrons. The fourth-order valence-corrected chi connectivity index (χ4v) is 3.39. The first-order valence-electron chi connectivity index (χ1n) is 8.48. The molecule has 0 spiro atoms. The highest BCUT2D eigenvalue weighted by Gasteiger charge is 2.30. The molecule has 0 bridgehead atoms. The van der Waals surface area contributed by atoms with Gasteiger partial charge in [-0.2, -0.15) is 0 Å². The number of nitrogens with one attached hydrogen (secondary N) is 2. The number of carbonyl (C=O) groups excluding carboxylic acids is 1. The highest BCUT2D eigenvalue weighted by atomic mass is 32.1. The second-order valence-electron chi connectivity index (χ2n) is 5.98. The fourth-order valence-electron chi connectivity index (χ4n) is 3.12. The van der Waals surface area contributed by atoms with Crippen LogP contribution in [-0.2, 0) is 14.3 Å². The number of ether oxygens (including phenoxy) is 2. The molecule has 1 aromatic rings. The number of allylic oxidation sites excluding steroid dienone is 1. The molecule has 0 amide bonds. The summed E-state index contributed by atoms with van der Waals surface area (Å²) in [6.07, 6.45) is 0. The number of hydrogen-bond donors (Lipinski definition) is 2. The summed E-state index contributed by atoms with van der Waals surface area (Å²) in [5.41, 5.74) is 3.42. The van der Waals surface area contributed by atoms with Gasteiger partial charge < -0.3 is 25.0 Å². The maximum absolute atomic E-state index is 12.4. The van der Waals surface area contributed by atoms with E-state index >= 15 is 0 Å². The number of esters is 1. The van der Waals surface area contributed by atoms with E-state index in [9.17, 15) is 4.79 Å². The van der Waals surface area contributed by atoms with Gasteiger partial charge >= 0.3 is 5.97 Å². The SMILES string of the molecule is CCOC(=O)C1=C(C)NC(=S)NC1c1ccc(N2CCOCC2)cc1. The third-order valence-electron chi connectivity index (χ3n) is 4.37. The van der Waals surface area contributed by atoms with E-state index in [4.69, 9.17) is 21.7 Å². The zero-order valence-electron chi connectivity index (χ0n) is 14.5. The van der Waals surface area contributed by atoms with Crippen molar-refractivity contribution in [3.8, 4) is 0 Å². The summed E-state index contributed by atoms with van der Waals surface area (Å²) in [5, 5.41) is 6.70. The van der Waals surface area contributed by atoms with E-state index in [2.05, 4.69) is 27.7 Å². The van der Waals surface area contributed by atoms with Crippen LogP contribution in [0.5, 0.6) is 0 Å². The Hall–Kier alpha value is -2.12. The van der Waals surface area contributed by atoms with Crippen molar-refractivity contribution in [2.45, 2.75) is 19.9 Å². The van der Waals surface area contributed by atoms with Gasteiger partial charge in [0.1, 0.15) is 0 Å². The first kappa shape index (κ1) is 17.7. The first-order chi connectivity index (χ1) is 12.1. The lowest BCUT2D eigenvalue weighted by atomic mass is 9.95. The molecule has 0 saturated carbocycles. The number of thiocarbonyl (C=S) groups is 1. The summed E-state index contributed by atoms with van der Waals surface area (Å²) in [7, 11) is 0. The molecular formula is C18H23N3O3S. The van der Waals surface area contributed by atoms with Gasteiger partial charge in [-0.25, -0.2) is 4.79 Å². The smallest absolute Gasteiger partial charge is 0.338 e. The van der Waals surface area contributed by atoms with E-state index in [0.29, 0.717) is 17.3 Å². The molecule has 2 aliphatic rings. The van der Waals surface area contributed by atoms with Crippen LogP contribution < -0.4 is 15.5 Å². The fraction of sp³-hybridized carbons (Fsp3) is 0.444. The van der Waals surface area contributed by atoms with Crippen LogP contribution in [0.25, 0.3) is 0 Å². The molecule has 1 aromatic carbocycles. The van der Waals surface area contributed by atoms with Gasteiger partial charge in [0.15, 0.2) is 5.11 Å². The van der Waals surface area contributed by atoms with Crippen LogP contribution in [0.4, 0.5) is 5.69 Å². The van der Waals surface area contributed by atoms with Crippen LogP contribution in [0.3, 0.4) is 0 Å². The topological polar surface area (TPSA) is 62.8 Å². The van der Waals surface area contributed by atoms with Crippen molar-refractivity contribution < 1.29 is 14.3 Å². The Morgan fingerprint density at radius 2 is 2.00 bits per heavy atom. The molecular weight excluding hydrogens is 338 g/mol. The molecule has 2 heterocycles. The van der Waals surface area contributed by atoms with E-state index in [0.717, 1.165) is 43.3 Å². The van der Waals surface area contributed by atoms with Gasteiger partial charge in [0, 0.05) is 24.5 Å². The molecule has 6 nitrogen and oxygen atoms in total. The average molecular weight is 361 g/mol. The van der Waals surface area contributed by atoms with Crippen molar-refractivity contribution in [1.82, 2.24) is 10.6 Å². The van der Waals surface area contributed by atoms with E-state index < -0.39 is 0 Å². The van der Waals surface area contributed by atoms with Gasteiger partial charge in [-0.15, -0.1) is 0 Å². The lowest BCUT2D eigenvalue weighted by Crippen LogP contribution is -2.45. The quantitative estimate of drug-likeness (QED) is 0.627. The average Bonchev–Trinajstić information content (AvgIpc) is 2.62. The summed E-state index contributed by atoms with van der Waals surface area (Å²) in [5.74, 6) is -0.329. The maximum Gasteiger partial charge on any atom is 0.338 e. The van der Waals surface area contributed by atoms with Gasteiger partial charge in [-0.05, 0) is 43.8 Å². The van der Waals surface area contributed by atoms with Crippen LogP contribution >= 0.6 is 12.2 Å². The molecule has 3 rings (SSSR count). The molecule has 1 atom stereocenters. The van der Waals surface area contributed by atoms with E-state index in [1.807, 2.05) is 19.1 Å². The second-order valence-corrected chi connectivity index (χ2v) is 6.39. The normalized spacial score (nSPS) is 20.8. The second kappa shape index (κ2) is 7.84. The maximum atomic E-state index is 12.4. The lowest BCUT2D eigenvalue weighted by Gasteiger charge is -2.31. The van der Waals surface area contributed by atoms with Crippen molar-refractivity contribution in [3.05, 3.63) is 41.1 Å². The van der Waals surface area contributed by atoms with Crippen molar-refractivity contribution in [1.29, 1.82) is 0 Å². The van der Waals surface area contributed by atoms with Gasteiger partial charge in [-0.1, -0.05) is 12.1 Å². The van der Waals surface area contributed by atoms with Crippen molar-refractivity contribution in [3.63, 3.8) is 0 Å². The summed E-state index contributed by atoms with van der Waals surface area (Å²) in [4.78, 5) is 14.7. The minimum Gasteiger partial charge on any atom is -0.463 e. The summed E-state index contributed by atoms with van der Waals surface area (Å²) < 4.78 is 10.6. The number of hydrogen-bond acceptors (Lipinski definition) is 5. The Bertz CT molecular complexity index is 681. The number of rotatable bonds is 4. The molecule has 1 unspecified atom stereocenters. The lowest BCUT2D eigenvalue weighted by molar-refractivity contribution is -0.139. The monoisotopic (exact) mass is 361 g/mol. The van der Waals surface area contributed by atoms with E-state index in [1.54, 1.807) is 6.92 Å². The van der Waals surface area contributed by atoms with Crippen molar-refractivity contribution >= 4 is 29.0 Å². The van der Waals surface area contributed by atoms with Crippen LogP contribution in [0.15, 0.2) is 35.5 Å². The van der Waals surface area contributed by atoms with E-state index in [-0.39, 0.29) is 12.0 Å². The summed E-state index contributed by atoms with van der Waals surface area (Å²) in [6, 6.07) is 7.90. The third-order valence-corrected chi connectivity index (χ3v) is 4.59. The standard InChI is InChI=1S/C18H23N3O3S/c1-3-24-17(22)15-12(2)19-18(25)20-16(15)13-4-6-14(7-5-13)21-8-10-23-11-9-21/h4-7,16H,3,8-11H2,1-2H3,(H2,19,20,25). The predicted molar refractivity (Wildman–Crippen MR) is 100 cm³/mol. The summed E-state index contributed by atoms with van der Waals surface area (Å²) >= 11 is 5.26. The number of carbonyl (C=O) groups is 1. The molecule has 25 heavy (non-hydrogen) atoms. The molecule has 2 N–H and O–H groups in total.